The maximum atomic E-state index is 5.95. The van der Waals surface area contributed by atoms with Gasteiger partial charge in [-0.15, -0.1) is 0 Å². The van der Waals surface area contributed by atoms with Crippen LogP contribution in [0.15, 0.2) is 36.7 Å². The third kappa shape index (κ3) is 1.38. The molecule has 0 bridgehead atoms. The van der Waals surface area contributed by atoms with E-state index < -0.39 is 0 Å². The zero-order valence-electron chi connectivity index (χ0n) is 8.91. The zero-order valence-corrected chi connectivity index (χ0v) is 8.91. The fraction of sp³-hybridized carbons (Fsp3) is 0. The lowest BCUT2D eigenvalue weighted by Gasteiger charge is -2.03. The molecule has 4 N–H and O–H groups in total. The number of hydrogen-bond acceptors (Lipinski definition) is 5. The van der Waals surface area contributed by atoms with Gasteiger partial charge in [-0.2, -0.15) is 0 Å². The summed E-state index contributed by atoms with van der Waals surface area (Å²) < 4.78 is 1.42. The zero-order chi connectivity index (χ0) is 11.8. The van der Waals surface area contributed by atoms with Gasteiger partial charge in [0.2, 0.25) is 0 Å². The van der Waals surface area contributed by atoms with Gasteiger partial charge in [0.05, 0.1) is 5.56 Å². The van der Waals surface area contributed by atoms with Crippen LogP contribution in [0.1, 0.15) is 0 Å². The van der Waals surface area contributed by atoms with E-state index in [-0.39, 0.29) is 0 Å². The molecule has 6 heteroatoms. The molecule has 0 spiro atoms. The molecule has 0 atom stereocenters. The Morgan fingerprint density at radius 1 is 1.06 bits per heavy atom. The molecule has 0 aliphatic heterocycles. The smallest absolute Gasteiger partial charge is 0.179 e. The number of hydrogen-bond donors (Lipinski definition) is 2. The highest BCUT2D eigenvalue weighted by atomic mass is 15.3. The Hall–Kier alpha value is -2.63. The van der Waals surface area contributed by atoms with Crippen LogP contribution in [0.3, 0.4) is 0 Å². The van der Waals surface area contributed by atoms with Crippen molar-refractivity contribution in [3.63, 3.8) is 0 Å². The third-order valence-electron chi connectivity index (χ3n) is 2.53. The maximum absolute atomic E-state index is 5.95. The number of nitrogens with two attached hydrogens (primary N) is 2. The summed E-state index contributed by atoms with van der Waals surface area (Å²) in [5.41, 5.74) is 7.85. The van der Waals surface area contributed by atoms with Gasteiger partial charge in [-0.3, -0.25) is 0 Å². The van der Waals surface area contributed by atoms with E-state index in [1.807, 2.05) is 18.2 Å². The van der Waals surface area contributed by atoms with Crippen LogP contribution in [0.2, 0.25) is 0 Å². The standard InChI is InChI=1S/C11H10N6/c12-9-7(3-1-5-14-9)10-16-8-4-2-6-15-11(8)17(10)13/h1-6H,13H2,(H2,12,14). The second-order valence-electron chi connectivity index (χ2n) is 3.59. The lowest BCUT2D eigenvalue weighted by molar-refractivity contribution is 1.02. The largest absolute Gasteiger partial charge is 0.383 e. The Morgan fingerprint density at radius 3 is 2.59 bits per heavy atom. The van der Waals surface area contributed by atoms with Crippen LogP contribution < -0.4 is 11.6 Å². The van der Waals surface area contributed by atoms with Gasteiger partial charge in [0.15, 0.2) is 11.5 Å². The highest BCUT2D eigenvalue weighted by Gasteiger charge is 2.13. The summed E-state index contributed by atoms with van der Waals surface area (Å²) in [5.74, 6) is 6.91. The molecular formula is C11H10N6. The van der Waals surface area contributed by atoms with Crippen molar-refractivity contribution in [2.24, 2.45) is 0 Å². The Kier molecular flexibility index (Phi) is 1.94. The van der Waals surface area contributed by atoms with Gasteiger partial charge in [-0.05, 0) is 24.3 Å². The molecule has 84 valence electrons. The van der Waals surface area contributed by atoms with Gasteiger partial charge < -0.3 is 11.6 Å². The molecule has 17 heavy (non-hydrogen) atoms. The average Bonchev–Trinajstić information content (AvgIpc) is 2.68. The maximum Gasteiger partial charge on any atom is 0.179 e. The van der Waals surface area contributed by atoms with Crippen molar-refractivity contribution < 1.29 is 0 Å². The second-order valence-corrected chi connectivity index (χ2v) is 3.59. The first-order valence-electron chi connectivity index (χ1n) is 5.07. The molecule has 0 aromatic carbocycles. The highest BCUT2D eigenvalue weighted by molar-refractivity contribution is 5.79. The first-order valence-corrected chi connectivity index (χ1v) is 5.07. The number of pyridine rings is 2. The molecule has 0 amide bonds. The molecule has 0 aliphatic carbocycles. The van der Waals surface area contributed by atoms with E-state index in [0.717, 1.165) is 5.52 Å². The van der Waals surface area contributed by atoms with Crippen molar-refractivity contribution in [2.75, 3.05) is 11.6 Å². The van der Waals surface area contributed by atoms with Gasteiger partial charge in [-0.1, -0.05) is 0 Å². The number of nitrogen functional groups attached to an aromatic ring is 2. The molecule has 3 aromatic heterocycles. The summed E-state index contributed by atoms with van der Waals surface area (Å²) >= 11 is 0. The van der Waals surface area contributed by atoms with Gasteiger partial charge in [0.1, 0.15) is 11.3 Å². The predicted octanol–water partition coefficient (Wildman–Crippen LogP) is 0.789. The van der Waals surface area contributed by atoms with Crippen LogP contribution >= 0.6 is 0 Å². The van der Waals surface area contributed by atoms with Gasteiger partial charge in [0.25, 0.3) is 0 Å². The van der Waals surface area contributed by atoms with Crippen molar-refractivity contribution >= 4 is 17.0 Å². The van der Waals surface area contributed by atoms with Crippen molar-refractivity contribution in [2.45, 2.75) is 0 Å². The quantitative estimate of drug-likeness (QED) is 0.598. The first-order chi connectivity index (χ1) is 8.27. The normalized spacial score (nSPS) is 10.8. The molecular weight excluding hydrogens is 216 g/mol. The van der Waals surface area contributed by atoms with E-state index in [4.69, 9.17) is 11.6 Å². The topological polar surface area (TPSA) is 95.6 Å². The van der Waals surface area contributed by atoms with E-state index in [2.05, 4.69) is 15.0 Å². The summed E-state index contributed by atoms with van der Waals surface area (Å²) in [6, 6.07) is 7.28. The lowest BCUT2D eigenvalue weighted by Crippen LogP contribution is -2.11. The first kappa shape index (κ1) is 9.59. The molecule has 6 nitrogen and oxygen atoms in total. The predicted molar refractivity (Wildman–Crippen MR) is 65.3 cm³/mol. The minimum atomic E-state index is 0.398. The lowest BCUT2D eigenvalue weighted by atomic mass is 10.2. The molecule has 0 unspecified atom stereocenters. The fourth-order valence-corrected chi connectivity index (χ4v) is 1.73. The minimum absolute atomic E-state index is 0.398. The number of nitrogens with zero attached hydrogens (tertiary/aromatic N) is 4. The molecule has 3 heterocycles. The van der Waals surface area contributed by atoms with Crippen molar-refractivity contribution in [3.05, 3.63) is 36.7 Å². The molecule has 0 radical (unpaired) electrons. The molecule has 0 aliphatic rings. The number of anilines is 1. The van der Waals surface area contributed by atoms with Crippen LogP contribution in [0.5, 0.6) is 0 Å². The number of imidazole rings is 1. The Bertz CT molecular complexity index is 687. The second kappa shape index (κ2) is 3.44. The summed E-state index contributed by atoms with van der Waals surface area (Å²) in [4.78, 5) is 12.6. The van der Waals surface area contributed by atoms with Crippen LogP contribution in [0.25, 0.3) is 22.6 Å². The molecule has 0 fully saturated rings. The Balaban J connectivity index is 2.32. The van der Waals surface area contributed by atoms with Crippen LogP contribution in [0, 0.1) is 0 Å². The van der Waals surface area contributed by atoms with E-state index in [1.54, 1.807) is 18.5 Å². The van der Waals surface area contributed by atoms with Gasteiger partial charge in [-0.25, -0.2) is 19.6 Å². The average molecular weight is 226 g/mol. The van der Waals surface area contributed by atoms with E-state index >= 15 is 0 Å². The summed E-state index contributed by atoms with van der Waals surface area (Å²) in [6.45, 7) is 0. The van der Waals surface area contributed by atoms with E-state index in [1.165, 1.54) is 4.68 Å². The summed E-state index contributed by atoms with van der Waals surface area (Å²) in [6.07, 6.45) is 3.30. The van der Waals surface area contributed by atoms with Crippen LogP contribution in [0.4, 0.5) is 5.82 Å². The van der Waals surface area contributed by atoms with Crippen LogP contribution in [-0.4, -0.2) is 19.6 Å². The van der Waals surface area contributed by atoms with E-state index in [9.17, 15) is 0 Å². The number of fused-ring (bicyclic) bond motifs is 1. The van der Waals surface area contributed by atoms with Crippen molar-refractivity contribution in [1.82, 2.24) is 19.6 Å². The van der Waals surface area contributed by atoms with Gasteiger partial charge >= 0.3 is 0 Å². The van der Waals surface area contributed by atoms with Crippen LogP contribution in [-0.2, 0) is 0 Å². The molecule has 3 rings (SSSR count). The fourth-order valence-electron chi connectivity index (χ4n) is 1.73. The van der Waals surface area contributed by atoms with Crippen molar-refractivity contribution in [1.29, 1.82) is 0 Å². The molecule has 0 saturated carbocycles. The Labute approximate surface area is 96.9 Å². The summed E-state index contributed by atoms with van der Waals surface area (Å²) in [7, 11) is 0. The highest BCUT2D eigenvalue weighted by Crippen LogP contribution is 2.24. The Morgan fingerprint density at radius 2 is 1.82 bits per heavy atom. The molecule has 3 aromatic rings. The van der Waals surface area contributed by atoms with Gasteiger partial charge in [0, 0.05) is 12.4 Å². The SMILES string of the molecule is Nc1ncccc1-c1nc2cccnc2n1N. The van der Waals surface area contributed by atoms with E-state index in [0.29, 0.717) is 22.9 Å². The molecule has 0 saturated heterocycles. The minimum Gasteiger partial charge on any atom is -0.383 e. The monoisotopic (exact) mass is 226 g/mol. The summed E-state index contributed by atoms with van der Waals surface area (Å²) in [5, 5.41) is 0. The number of aromatic nitrogens is 4. The third-order valence-corrected chi connectivity index (χ3v) is 2.53. The number of rotatable bonds is 1. The van der Waals surface area contributed by atoms with Crippen molar-refractivity contribution in [3.8, 4) is 11.4 Å².